The smallest absolute Gasteiger partial charge is 0.274 e. The van der Waals surface area contributed by atoms with Gasteiger partial charge in [-0.3, -0.25) is 4.79 Å². The van der Waals surface area contributed by atoms with Gasteiger partial charge in [0.25, 0.3) is 5.91 Å². The summed E-state index contributed by atoms with van der Waals surface area (Å²) in [5, 5.41) is 12.5. The largest absolute Gasteiger partial charge is 0.508 e. The number of nitrogens with one attached hydrogen (secondary N) is 1. The third kappa shape index (κ3) is 2.91. The Hall–Kier alpha value is -1.78. The Morgan fingerprint density at radius 3 is 2.61 bits per heavy atom. The predicted octanol–water partition coefficient (Wildman–Crippen LogP) is 3.35. The zero-order chi connectivity index (χ0) is 13.1. The molecule has 4 nitrogen and oxygen atoms in total. The number of amides is 1. The van der Waals surface area contributed by atoms with E-state index >= 15 is 0 Å². The van der Waals surface area contributed by atoms with Crippen molar-refractivity contribution in [3.05, 3.63) is 52.3 Å². The van der Waals surface area contributed by atoms with E-state index in [1.165, 1.54) is 30.5 Å². The molecule has 92 valence electrons. The molecule has 2 aromatic rings. The number of anilines is 1. The maximum absolute atomic E-state index is 11.8. The molecule has 0 aliphatic rings. The van der Waals surface area contributed by atoms with E-state index in [0.29, 0.717) is 10.7 Å². The molecule has 1 aromatic carbocycles. The first-order chi connectivity index (χ1) is 8.56. The van der Waals surface area contributed by atoms with E-state index in [1.54, 1.807) is 6.07 Å². The zero-order valence-corrected chi connectivity index (χ0v) is 10.5. The van der Waals surface area contributed by atoms with Crippen LogP contribution in [0.3, 0.4) is 0 Å². The first kappa shape index (κ1) is 12.7. The van der Waals surface area contributed by atoms with Crippen molar-refractivity contribution in [2.24, 2.45) is 0 Å². The monoisotopic (exact) mass is 282 g/mol. The van der Waals surface area contributed by atoms with Gasteiger partial charge in [-0.15, -0.1) is 0 Å². The molecule has 2 rings (SSSR count). The van der Waals surface area contributed by atoms with Crippen LogP contribution >= 0.6 is 23.2 Å². The fourth-order valence-corrected chi connectivity index (χ4v) is 1.64. The molecule has 0 aliphatic carbocycles. The van der Waals surface area contributed by atoms with E-state index in [-0.39, 0.29) is 16.5 Å². The van der Waals surface area contributed by atoms with Crippen LogP contribution in [-0.4, -0.2) is 16.0 Å². The number of hydrogen-bond acceptors (Lipinski definition) is 3. The molecule has 1 amide bonds. The number of rotatable bonds is 2. The lowest BCUT2D eigenvalue weighted by molar-refractivity contribution is 0.102. The molecular formula is C12H8Cl2N2O2. The molecule has 2 N–H and O–H groups in total. The number of carbonyl (C=O) groups is 1. The highest BCUT2D eigenvalue weighted by atomic mass is 35.5. The standard InChI is InChI=1S/C12H8Cl2N2O2/c13-7-1-3-11(15-6-7)12(18)16-10-4-2-8(17)5-9(10)14/h1-6,17H,(H,16,18). The van der Waals surface area contributed by atoms with E-state index in [2.05, 4.69) is 10.3 Å². The van der Waals surface area contributed by atoms with Crippen LogP contribution in [0, 0.1) is 0 Å². The number of nitrogens with zero attached hydrogens (tertiary/aromatic N) is 1. The molecule has 0 unspecified atom stereocenters. The molecule has 0 saturated heterocycles. The summed E-state index contributed by atoms with van der Waals surface area (Å²) in [7, 11) is 0. The number of aromatic nitrogens is 1. The number of phenols is 1. The van der Waals surface area contributed by atoms with Gasteiger partial charge in [0.1, 0.15) is 11.4 Å². The second-order valence-corrected chi connectivity index (χ2v) is 4.32. The van der Waals surface area contributed by atoms with E-state index < -0.39 is 5.91 Å². The first-order valence-corrected chi connectivity index (χ1v) is 5.73. The van der Waals surface area contributed by atoms with Crippen LogP contribution in [0.15, 0.2) is 36.5 Å². The Morgan fingerprint density at radius 2 is 2.00 bits per heavy atom. The van der Waals surface area contributed by atoms with Crippen molar-refractivity contribution in [3.8, 4) is 5.75 Å². The molecule has 6 heteroatoms. The highest BCUT2D eigenvalue weighted by Crippen LogP contribution is 2.26. The number of hydrogen-bond donors (Lipinski definition) is 2. The molecule has 0 bridgehead atoms. The summed E-state index contributed by atoms with van der Waals surface area (Å²) in [5.41, 5.74) is 0.625. The average molecular weight is 283 g/mol. The third-order valence-corrected chi connectivity index (χ3v) is 2.70. The minimum Gasteiger partial charge on any atom is -0.508 e. The molecule has 0 fully saturated rings. The molecule has 18 heavy (non-hydrogen) atoms. The van der Waals surface area contributed by atoms with Gasteiger partial charge in [-0.1, -0.05) is 23.2 Å². The van der Waals surface area contributed by atoms with Gasteiger partial charge in [-0.05, 0) is 24.3 Å². The van der Waals surface area contributed by atoms with Gasteiger partial charge in [-0.2, -0.15) is 0 Å². The number of benzene rings is 1. The van der Waals surface area contributed by atoms with Gasteiger partial charge >= 0.3 is 0 Å². The summed E-state index contributed by atoms with van der Waals surface area (Å²) in [6, 6.07) is 7.35. The molecule has 1 heterocycles. The Labute approximate surface area is 113 Å². The van der Waals surface area contributed by atoms with Crippen LogP contribution in [0.2, 0.25) is 10.0 Å². The van der Waals surface area contributed by atoms with Gasteiger partial charge in [0.15, 0.2) is 0 Å². The van der Waals surface area contributed by atoms with Crippen LogP contribution in [0.25, 0.3) is 0 Å². The maximum atomic E-state index is 11.8. The summed E-state index contributed by atoms with van der Waals surface area (Å²) in [6.45, 7) is 0. The topological polar surface area (TPSA) is 62.2 Å². The van der Waals surface area contributed by atoms with Gasteiger partial charge in [0.2, 0.25) is 0 Å². The van der Waals surface area contributed by atoms with Crippen LogP contribution in [0.4, 0.5) is 5.69 Å². The first-order valence-electron chi connectivity index (χ1n) is 4.97. The second kappa shape index (κ2) is 5.25. The van der Waals surface area contributed by atoms with E-state index in [1.807, 2.05) is 0 Å². The lowest BCUT2D eigenvalue weighted by Gasteiger charge is -2.06. The lowest BCUT2D eigenvalue weighted by atomic mass is 10.2. The van der Waals surface area contributed by atoms with Crippen LogP contribution < -0.4 is 5.32 Å². The molecule has 0 aliphatic heterocycles. The molecule has 1 aromatic heterocycles. The fraction of sp³-hybridized carbons (Fsp3) is 0. The quantitative estimate of drug-likeness (QED) is 0.831. The number of aromatic hydroxyl groups is 1. The minimum absolute atomic E-state index is 0.0302. The highest BCUT2D eigenvalue weighted by molar-refractivity contribution is 6.34. The van der Waals surface area contributed by atoms with Crippen molar-refractivity contribution >= 4 is 34.8 Å². The van der Waals surface area contributed by atoms with Gasteiger partial charge in [-0.25, -0.2) is 4.98 Å². The molecule has 0 spiro atoms. The number of halogens is 2. The summed E-state index contributed by atoms with van der Waals surface area (Å²) < 4.78 is 0. The molecule has 0 atom stereocenters. The fourth-order valence-electron chi connectivity index (χ4n) is 1.30. The predicted molar refractivity (Wildman–Crippen MR) is 70.3 cm³/mol. The van der Waals surface area contributed by atoms with Crippen molar-refractivity contribution in [3.63, 3.8) is 0 Å². The SMILES string of the molecule is O=C(Nc1ccc(O)cc1Cl)c1ccc(Cl)cn1. The van der Waals surface area contributed by atoms with Gasteiger partial charge < -0.3 is 10.4 Å². The number of phenolic OH excluding ortho intramolecular Hbond substituents is 1. The highest BCUT2D eigenvalue weighted by Gasteiger charge is 2.09. The minimum atomic E-state index is -0.403. The lowest BCUT2D eigenvalue weighted by Crippen LogP contribution is -2.13. The Morgan fingerprint density at radius 1 is 1.22 bits per heavy atom. The average Bonchev–Trinajstić information content (AvgIpc) is 2.33. The summed E-state index contributed by atoms with van der Waals surface area (Å²) in [6.07, 6.45) is 1.38. The third-order valence-electron chi connectivity index (χ3n) is 2.16. The Bertz CT molecular complexity index is 585. The van der Waals surface area contributed by atoms with Crippen LogP contribution in [0.1, 0.15) is 10.5 Å². The Kier molecular flexibility index (Phi) is 3.69. The van der Waals surface area contributed by atoms with Gasteiger partial charge in [0, 0.05) is 12.3 Å². The number of pyridine rings is 1. The van der Waals surface area contributed by atoms with Gasteiger partial charge in [0.05, 0.1) is 15.7 Å². The second-order valence-electron chi connectivity index (χ2n) is 3.48. The van der Waals surface area contributed by atoms with Crippen molar-refractivity contribution in [2.75, 3.05) is 5.32 Å². The van der Waals surface area contributed by atoms with Crippen LogP contribution in [-0.2, 0) is 0 Å². The number of carbonyl (C=O) groups excluding carboxylic acids is 1. The van der Waals surface area contributed by atoms with Crippen LogP contribution in [0.5, 0.6) is 5.75 Å². The van der Waals surface area contributed by atoms with Crippen molar-refractivity contribution < 1.29 is 9.90 Å². The van der Waals surface area contributed by atoms with Crippen molar-refractivity contribution in [1.82, 2.24) is 4.98 Å². The zero-order valence-electron chi connectivity index (χ0n) is 9.02. The van der Waals surface area contributed by atoms with E-state index in [4.69, 9.17) is 23.2 Å². The van der Waals surface area contributed by atoms with Crippen molar-refractivity contribution in [2.45, 2.75) is 0 Å². The molecular weight excluding hydrogens is 275 g/mol. The Balaban J connectivity index is 2.18. The normalized spacial score (nSPS) is 10.1. The van der Waals surface area contributed by atoms with Crippen molar-refractivity contribution in [1.29, 1.82) is 0 Å². The molecule has 0 radical (unpaired) electrons. The van der Waals surface area contributed by atoms with E-state index in [9.17, 15) is 9.90 Å². The summed E-state index contributed by atoms with van der Waals surface area (Å²) in [5.74, 6) is -0.373. The summed E-state index contributed by atoms with van der Waals surface area (Å²) >= 11 is 11.5. The van der Waals surface area contributed by atoms with E-state index in [0.717, 1.165) is 0 Å². The summed E-state index contributed by atoms with van der Waals surface area (Å²) in [4.78, 5) is 15.7. The maximum Gasteiger partial charge on any atom is 0.274 e. The molecule has 0 saturated carbocycles.